The van der Waals surface area contributed by atoms with E-state index >= 15 is 0 Å². The second-order valence-electron chi connectivity index (χ2n) is 2.35. The normalized spacial score (nSPS) is 7.23. The summed E-state index contributed by atoms with van der Waals surface area (Å²) in [4.78, 5) is 0. The quantitative estimate of drug-likeness (QED) is 0.576. The van der Waals surface area contributed by atoms with E-state index in [9.17, 15) is 0 Å². The summed E-state index contributed by atoms with van der Waals surface area (Å²) in [6.45, 7) is 7.33. The second-order valence-corrected chi connectivity index (χ2v) is 5.64. The molecule has 0 unspecified atom stereocenters. The molecule has 0 bridgehead atoms. The summed E-state index contributed by atoms with van der Waals surface area (Å²) >= 11 is -0.472. The summed E-state index contributed by atoms with van der Waals surface area (Å²) in [6.07, 6.45) is 0. The molecular weight excluding hydrogens is 398 g/mol. The van der Waals surface area contributed by atoms with E-state index in [1.54, 1.807) is 0 Å². The summed E-state index contributed by atoms with van der Waals surface area (Å²) in [5.74, 6) is 0. The van der Waals surface area contributed by atoms with Gasteiger partial charge in [0, 0.05) is 0 Å². The van der Waals surface area contributed by atoms with Crippen LogP contribution in [-0.4, -0.2) is 23.0 Å². The van der Waals surface area contributed by atoms with Crippen molar-refractivity contribution in [2.75, 3.05) is 0 Å². The van der Waals surface area contributed by atoms with Crippen LogP contribution in [0.5, 0.6) is 0 Å². The fourth-order valence-electron chi connectivity index (χ4n) is 0. The first-order valence-electron chi connectivity index (χ1n) is 3.13. The number of hydrogen-bond acceptors (Lipinski definition) is 0. The first-order chi connectivity index (χ1) is 4.88. The molecule has 0 saturated heterocycles. The third-order valence-corrected chi connectivity index (χ3v) is 0. The predicted octanol–water partition coefficient (Wildman–Crippen LogP) is 2.62. The van der Waals surface area contributed by atoms with Crippen LogP contribution in [0.3, 0.4) is 0 Å². The third-order valence-electron chi connectivity index (χ3n) is 0. The Morgan fingerprint density at radius 2 is 0.846 bits per heavy atom. The zero-order valence-corrected chi connectivity index (χ0v) is 12.0. The molecule has 0 rings (SSSR count). The maximum absolute atomic E-state index is 6.58. The van der Waals surface area contributed by atoms with Crippen LogP contribution in [0.15, 0.2) is 0 Å². The first-order valence-corrected chi connectivity index (χ1v) is 8.76. The average molecular weight is 418 g/mol. The number of nitrogens with one attached hydrogen (secondary N) is 2. The molecule has 0 heterocycles. The Hall–Kier alpha value is 1.11. The SMILES string of the molecule is CC(C)[NH-].CC(C)[NH-].O.O.[Cl][Pt+2][Cl]. The second kappa shape index (κ2) is 29.2. The van der Waals surface area contributed by atoms with Gasteiger partial charge >= 0.3 is 35.3 Å². The number of hydrogen-bond donors (Lipinski definition) is 0. The van der Waals surface area contributed by atoms with Gasteiger partial charge in [-0.2, -0.15) is 0 Å². The fraction of sp³-hybridized carbons (Fsp3) is 1.00. The molecule has 0 aromatic heterocycles. The van der Waals surface area contributed by atoms with E-state index in [0.717, 1.165) is 0 Å². The molecular formula is C6H20Cl2N2O2Pt. The molecule has 0 saturated carbocycles. The van der Waals surface area contributed by atoms with Crippen LogP contribution >= 0.6 is 18.8 Å². The maximum atomic E-state index is 6.58. The van der Waals surface area contributed by atoms with Gasteiger partial charge in [-0.1, -0.05) is 27.7 Å². The van der Waals surface area contributed by atoms with Gasteiger partial charge in [-0.15, -0.1) is 12.1 Å². The Bertz CT molecular complexity index is 50.4. The van der Waals surface area contributed by atoms with Crippen LogP contribution in [0.1, 0.15) is 27.7 Å². The van der Waals surface area contributed by atoms with Crippen LogP contribution in [-0.2, 0) is 16.5 Å². The molecule has 0 aromatic rings. The van der Waals surface area contributed by atoms with Gasteiger partial charge in [0.1, 0.15) is 0 Å². The molecule has 0 aromatic carbocycles. The van der Waals surface area contributed by atoms with E-state index in [1.807, 2.05) is 27.7 Å². The molecule has 6 N–H and O–H groups in total. The van der Waals surface area contributed by atoms with Crippen molar-refractivity contribution in [3.63, 3.8) is 0 Å². The predicted molar refractivity (Wildman–Crippen MR) is 57.8 cm³/mol. The Labute approximate surface area is 97.3 Å². The van der Waals surface area contributed by atoms with Crippen LogP contribution in [0, 0.1) is 0 Å². The Morgan fingerprint density at radius 3 is 0.846 bits per heavy atom. The van der Waals surface area contributed by atoms with Crippen molar-refractivity contribution in [2.45, 2.75) is 39.8 Å². The van der Waals surface area contributed by atoms with Gasteiger partial charge < -0.3 is 22.4 Å². The Kier molecular flexibility index (Phi) is 65.7. The topological polar surface area (TPSA) is 111 Å². The molecule has 4 nitrogen and oxygen atoms in total. The van der Waals surface area contributed by atoms with Crippen molar-refractivity contribution in [3.05, 3.63) is 11.5 Å². The van der Waals surface area contributed by atoms with Crippen molar-refractivity contribution >= 4 is 18.8 Å². The van der Waals surface area contributed by atoms with Gasteiger partial charge in [0.2, 0.25) is 0 Å². The van der Waals surface area contributed by atoms with Crippen molar-refractivity contribution < 1.29 is 27.4 Å². The van der Waals surface area contributed by atoms with E-state index in [0.29, 0.717) is 0 Å². The van der Waals surface area contributed by atoms with Crippen molar-refractivity contribution in [1.29, 1.82) is 0 Å². The Morgan fingerprint density at radius 1 is 0.846 bits per heavy atom. The van der Waals surface area contributed by atoms with Gasteiger partial charge in [0.15, 0.2) is 0 Å². The van der Waals surface area contributed by atoms with Gasteiger partial charge in [-0.25, -0.2) is 0 Å². The van der Waals surface area contributed by atoms with Crippen LogP contribution in [0.4, 0.5) is 0 Å². The molecule has 0 aliphatic carbocycles. The van der Waals surface area contributed by atoms with Gasteiger partial charge in [-0.3, -0.25) is 0 Å². The molecule has 0 fully saturated rings. The molecule has 7 heteroatoms. The first kappa shape index (κ1) is 29.2. The molecule has 0 radical (unpaired) electrons. The van der Waals surface area contributed by atoms with Crippen molar-refractivity contribution in [2.24, 2.45) is 0 Å². The molecule has 0 aliphatic rings. The van der Waals surface area contributed by atoms with Gasteiger partial charge in [0.05, 0.1) is 0 Å². The molecule has 0 amide bonds. The molecule has 13 heavy (non-hydrogen) atoms. The number of rotatable bonds is 0. The van der Waals surface area contributed by atoms with E-state index in [-0.39, 0.29) is 23.0 Å². The third kappa shape index (κ3) is 1320. The number of halogens is 2. The van der Waals surface area contributed by atoms with E-state index in [2.05, 4.69) is 0 Å². The van der Waals surface area contributed by atoms with Crippen LogP contribution in [0.25, 0.3) is 11.5 Å². The minimum absolute atomic E-state index is 0. The summed E-state index contributed by atoms with van der Waals surface area (Å²) in [5, 5.41) is 0. The fourth-order valence-corrected chi connectivity index (χ4v) is 0. The van der Waals surface area contributed by atoms with Crippen LogP contribution < -0.4 is 0 Å². The van der Waals surface area contributed by atoms with Crippen molar-refractivity contribution in [1.82, 2.24) is 0 Å². The molecule has 0 spiro atoms. The van der Waals surface area contributed by atoms with E-state index in [4.69, 9.17) is 30.3 Å². The van der Waals surface area contributed by atoms with Gasteiger partial charge in [0.25, 0.3) is 0 Å². The van der Waals surface area contributed by atoms with Gasteiger partial charge in [-0.05, 0) is 0 Å². The van der Waals surface area contributed by atoms with Crippen molar-refractivity contribution in [3.8, 4) is 0 Å². The standard InChI is InChI=1S/2C3H8N.2ClH.2H2O.Pt/c2*1-3(2)4;;;;;/h2*3-4H,1-2H3;2*1H;2*1H2;/q2*-1;;;;;+4/p-2. The zero-order chi connectivity index (χ0) is 9.86. The zero-order valence-electron chi connectivity index (χ0n) is 8.23. The average Bonchev–Trinajstić information content (AvgIpc) is 1.60. The monoisotopic (exact) mass is 417 g/mol. The summed E-state index contributed by atoms with van der Waals surface area (Å²) in [6, 6.07) is 0.167. The summed E-state index contributed by atoms with van der Waals surface area (Å²) < 4.78 is 0. The molecule has 0 atom stereocenters. The Balaban J connectivity index is -0.0000000231. The summed E-state index contributed by atoms with van der Waals surface area (Å²) in [5.41, 5.74) is 13.2. The van der Waals surface area contributed by atoms with E-state index < -0.39 is 16.5 Å². The van der Waals surface area contributed by atoms with E-state index in [1.165, 1.54) is 0 Å². The molecule has 0 aliphatic heterocycles. The molecule has 90 valence electrons. The minimum atomic E-state index is -0.472. The van der Waals surface area contributed by atoms with Crippen LogP contribution in [0.2, 0.25) is 0 Å². The summed E-state index contributed by atoms with van der Waals surface area (Å²) in [7, 11) is 9.75.